The number of aromatic nitrogens is 5. The van der Waals surface area contributed by atoms with Crippen LogP contribution in [0.2, 0.25) is 0 Å². The number of aryl methyl sites for hydroxylation is 1. The molecule has 0 amide bonds. The van der Waals surface area contributed by atoms with Gasteiger partial charge in [-0.1, -0.05) is 0 Å². The fourth-order valence-corrected chi connectivity index (χ4v) is 5.53. The first-order valence-electron chi connectivity index (χ1n) is 11.6. The van der Waals surface area contributed by atoms with Gasteiger partial charge in [0, 0.05) is 50.0 Å². The summed E-state index contributed by atoms with van der Waals surface area (Å²) in [5.74, 6) is 1.87. The number of piperidine rings is 1. The van der Waals surface area contributed by atoms with Crippen molar-refractivity contribution in [2.45, 2.75) is 31.8 Å². The van der Waals surface area contributed by atoms with E-state index in [0.717, 1.165) is 50.8 Å². The van der Waals surface area contributed by atoms with Crippen LogP contribution in [0, 0.1) is 23.5 Å². The molecule has 3 atom stereocenters. The summed E-state index contributed by atoms with van der Waals surface area (Å²) in [6.45, 7) is 3.20. The number of ether oxygens (including phenoxy) is 1. The second kappa shape index (κ2) is 8.37. The van der Waals surface area contributed by atoms with Gasteiger partial charge in [-0.3, -0.25) is 0 Å². The molecule has 4 heterocycles. The van der Waals surface area contributed by atoms with Crippen LogP contribution >= 0.6 is 0 Å². The summed E-state index contributed by atoms with van der Waals surface area (Å²) in [5.41, 5.74) is 0.576. The Kier molecular flexibility index (Phi) is 5.19. The Balaban J connectivity index is 1.20. The maximum atomic E-state index is 13.8. The van der Waals surface area contributed by atoms with Crippen molar-refractivity contribution < 1.29 is 13.5 Å². The molecule has 1 saturated heterocycles. The summed E-state index contributed by atoms with van der Waals surface area (Å²) in [4.78, 5) is 17.5. The minimum absolute atomic E-state index is 0.279. The second-order valence-electron chi connectivity index (χ2n) is 9.15. The van der Waals surface area contributed by atoms with E-state index in [2.05, 4.69) is 20.2 Å². The van der Waals surface area contributed by atoms with Crippen molar-refractivity contribution >= 4 is 23.4 Å². The van der Waals surface area contributed by atoms with Gasteiger partial charge in [-0.05, 0) is 43.2 Å². The largest absolute Gasteiger partial charge is 0.481 e. The van der Waals surface area contributed by atoms with E-state index in [-0.39, 0.29) is 6.04 Å². The summed E-state index contributed by atoms with van der Waals surface area (Å²) in [5, 5.41) is 8.29. The van der Waals surface area contributed by atoms with E-state index in [1.54, 1.807) is 19.5 Å². The Bertz CT molecular complexity index is 1190. The summed E-state index contributed by atoms with van der Waals surface area (Å²) in [6, 6.07) is 6.10. The van der Waals surface area contributed by atoms with Gasteiger partial charge in [0.2, 0.25) is 17.8 Å². The number of nitrogens with one attached hydrogen (secondary N) is 1. The highest BCUT2D eigenvalue weighted by molar-refractivity contribution is 5.59. The SMILES string of the molecule is COc1cc(N2C[C@H]3CC[C@@H](C2)[C@@H]3Nc2nc3n(n2)CCCN3c2ccc(F)c(F)c2)ncn1. The molecule has 0 spiro atoms. The maximum Gasteiger partial charge on any atom is 0.244 e. The number of hydrogen-bond donors (Lipinski definition) is 1. The molecule has 2 bridgehead atoms. The Morgan fingerprint density at radius 2 is 1.85 bits per heavy atom. The number of anilines is 4. The van der Waals surface area contributed by atoms with Gasteiger partial charge in [0.15, 0.2) is 11.6 Å². The highest BCUT2D eigenvalue weighted by atomic mass is 19.2. The Morgan fingerprint density at radius 1 is 1.03 bits per heavy atom. The fraction of sp³-hybridized carbons (Fsp3) is 0.478. The van der Waals surface area contributed by atoms with Crippen molar-refractivity contribution in [1.29, 1.82) is 0 Å². The van der Waals surface area contributed by atoms with E-state index in [9.17, 15) is 8.78 Å². The lowest BCUT2D eigenvalue weighted by Gasteiger charge is -2.38. The average molecular weight is 469 g/mol. The van der Waals surface area contributed by atoms with Crippen LogP contribution in [0.5, 0.6) is 5.88 Å². The van der Waals surface area contributed by atoms with Gasteiger partial charge < -0.3 is 19.9 Å². The van der Waals surface area contributed by atoms with Crippen LogP contribution < -0.4 is 19.9 Å². The number of halogens is 2. The second-order valence-corrected chi connectivity index (χ2v) is 9.15. The summed E-state index contributed by atoms with van der Waals surface area (Å²) >= 11 is 0. The maximum absolute atomic E-state index is 13.8. The molecule has 0 unspecified atom stereocenters. The molecule has 11 heteroatoms. The molecule has 9 nitrogen and oxygen atoms in total. The Hall–Kier alpha value is -3.50. The molecule has 34 heavy (non-hydrogen) atoms. The third kappa shape index (κ3) is 3.68. The normalized spacial score (nSPS) is 23.7. The number of fused-ring (bicyclic) bond motifs is 3. The van der Waals surface area contributed by atoms with Gasteiger partial charge in [-0.25, -0.2) is 23.4 Å². The fourth-order valence-electron chi connectivity index (χ4n) is 5.53. The zero-order valence-corrected chi connectivity index (χ0v) is 18.9. The number of nitrogens with zero attached hydrogens (tertiary/aromatic N) is 7. The van der Waals surface area contributed by atoms with E-state index < -0.39 is 11.6 Å². The molecule has 2 fully saturated rings. The Labute approximate surface area is 195 Å². The molecule has 178 valence electrons. The van der Waals surface area contributed by atoms with Crippen LogP contribution in [-0.4, -0.2) is 57.5 Å². The molecule has 1 aliphatic carbocycles. The summed E-state index contributed by atoms with van der Waals surface area (Å²) < 4.78 is 34.4. The number of rotatable bonds is 5. The van der Waals surface area contributed by atoms with E-state index in [4.69, 9.17) is 14.8 Å². The average Bonchev–Trinajstić information content (AvgIpc) is 3.36. The molecular formula is C23H26F2N8O. The van der Waals surface area contributed by atoms with Crippen molar-refractivity contribution in [3.63, 3.8) is 0 Å². The van der Waals surface area contributed by atoms with Crippen molar-refractivity contribution in [1.82, 2.24) is 24.7 Å². The standard InChI is InChI=1S/C23H26F2N8O/c1-34-20-10-19(26-13-27-20)31-11-14-3-4-15(12-31)21(14)28-22-29-23-32(7-2-8-33(23)30-22)16-5-6-17(24)18(25)9-16/h5-6,9-10,13-15,21H,2-4,7-8,11-12H2,1H3,(H,28,30)/t14-,15+,21-. The van der Waals surface area contributed by atoms with Gasteiger partial charge in [0.25, 0.3) is 0 Å². The zero-order valence-electron chi connectivity index (χ0n) is 18.9. The number of methoxy groups -OCH3 is 1. The van der Waals surface area contributed by atoms with Crippen LogP contribution in [-0.2, 0) is 6.54 Å². The molecule has 1 saturated carbocycles. The number of hydrogen-bond acceptors (Lipinski definition) is 8. The molecule has 1 aromatic carbocycles. The predicted octanol–water partition coefficient (Wildman–Crippen LogP) is 3.22. The van der Waals surface area contributed by atoms with Crippen molar-refractivity contribution in [2.24, 2.45) is 11.8 Å². The zero-order chi connectivity index (χ0) is 23.2. The Morgan fingerprint density at radius 3 is 2.62 bits per heavy atom. The lowest BCUT2D eigenvalue weighted by atomic mass is 9.92. The van der Waals surface area contributed by atoms with Crippen LogP contribution in [0.25, 0.3) is 0 Å². The topological polar surface area (TPSA) is 84.2 Å². The molecule has 0 radical (unpaired) electrons. The minimum Gasteiger partial charge on any atom is -0.481 e. The summed E-state index contributed by atoms with van der Waals surface area (Å²) in [6.07, 6.45) is 4.66. The molecule has 1 N–H and O–H groups in total. The molecular weight excluding hydrogens is 442 g/mol. The van der Waals surface area contributed by atoms with Gasteiger partial charge in [-0.2, -0.15) is 4.98 Å². The first-order chi connectivity index (χ1) is 16.6. The predicted molar refractivity (Wildman–Crippen MR) is 122 cm³/mol. The minimum atomic E-state index is -0.864. The highest BCUT2D eigenvalue weighted by Gasteiger charge is 2.43. The van der Waals surface area contributed by atoms with Gasteiger partial charge in [0.05, 0.1) is 7.11 Å². The van der Waals surface area contributed by atoms with Gasteiger partial charge in [-0.15, -0.1) is 5.10 Å². The molecule has 2 aromatic heterocycles. The molecule has 3 aliphatic rings. The first-order valence-corrected chi connectivity index (χ1v) is 11.6. The summed E-state index contributed by atoms with van der Waals surface area (Å²) in [7, 11) is 1.61. The van der Waals surface area contributed by atoms with Crippen LogP contribution in [0.4, 0.5) is 32.2 Å². The molecule has 2 aliphatic heterocycles. The third-order valence-electron chi connectivity index (χ3n) is 7.15. The van der Waals surface area contributed by atoms with Crippen LogP contribution in [0.15, 0.2) is 30.6 Å². The van der Waals surface area contributed by atoms with E-state index in [0.29, 0.717) is 41.8 Å². The van der Waals surface area contributed by atoms with Gasteiger partial charge in [0.1, 0.15) is 12.1 Å². The van der Waals surface area contributed by atoms with E-state index in [1.807, 2.05) is 15.6 Å². The van der Waals surface area contributed by atoms with E-state index in [1.165, 1.54) is 6.07 Å². The first kappa shape index (κ1) is 21.1. The molecule has 6 rings (SSSR count). The highest BCUT2D eigenvalue weighted by Crippen LogP contribution is 2.40. The van der Waals surface area contributed by atoms with Crippen molar-refractivity contribution in [3.8, 4) is 5.88 Å². The van der Waals surface area contributed by atoms with E-state index >= 15 is 0 Å². The number of benzene rings is 1. The van der Waals surface area contributed by atoms with Crippen LogP contribution in [0.1, 0.15) is 19.3 Å². The quantitative estimate of drug-likeness (QED) is 0.611. The third-order valence-corrected chi connectivity index (χ3v) is 7.15. The van der Waals surface area contributed by atoms with Crippen molar-refractivity contribution in [3.05, 3.63) is 42.2 Å². The lowest BCUT2D eigenvalue weighted by molar-refractivity contribution is 0.372. The van der Waals surface area contributed by atoms with Crippen molar-refractivity contribution in [2.75, 3.05) is 41.9 Å². The van der Waals surface area contributed by atoms with Crippen LogP contribution in [0.3, 0.4) is 0 Å². The monoisotopic (exact) mass is 468 g/mol. The lowest BCUT2D eigenvalue weighted by Crippen LogP contribution is -2.48. The smallest absolute Gasteiger partial charge is 0.244 e. The van der Waals surface area contributed by atoms with Gasteiger partial charge >= 0.3 is 0 Å². The molecule has 3 aromatic rings.